The minimum atomic E-state index is -3.88. The number of phenols is 1. The predicted molar refractivity (Wildman–Crippen MR) is 78.9 cm³/mol. The molecule has 8 heteroatoms. The van der Waals surface area contributed by atoms with Crippen molar-refractivity contribution in [2.75, 3.05) is 10.8 Å². The van der Waals surface area contributed by atoms with Crippen LogP contribution in [0, 0.1) is 0 Å². The third-order valence-electron chi connectivity index (χ3n) is 2.71. The Balaban J connectivity index is 2.24. The van der Waals surface area contributed by atoms with Gasteiger partial charge in [0.1, 0.15) is 12.3 Å². The van der Waals surface area contributed by atoms with E-state index in [1.165, 1.54) is 12.1 Å². The lowest BCUT2D eigenvalue weighted by Crippen LogP contribution is -2.29. The Morgan fingerprint density at radius 2 is 2.15 bits per heavy atom. The van der Waals surface area contributed by atoms with Gasteiger partial charge in [-0.15, -0.1) is 0 Å². The van der Waals surface area contributed by atoms with Gasteiger partial charge in [0.05, 0.1) is 5.69 Å². The van der Waals surface area contributed by atoms with Crippen LogP contribution in [0.1, 0.15) is 19.4 Å². The summed E-state index contributed by atoms with van der Waals surface area (Å²) >= 11 is 1.72. The monoisotopic (exact) mass is 316 g/mol. The van der Waals surface area contributed by atoms with Crippen molar-refractivity contribution in [1.82, 2.24) is 4.72 Å². The maximum atomic E-state index is 11.7. The topological polar surface area (TPSA) is 86.7 Å². The van der Waals surface area contributed by atoms with Crippen LogP contribution in [-0.2, 0) is 20.8 Å². The van der Waals surface area contributed by atoms with Crippen molar-refractivity contribution in [3.8, 4) is 5.75 Å². The van der Waals surface area contributed by atoms with Gasteiger partial charge in [-0.1, -0.05) is 19.9 Å². The highest BCUT2D eigenvalue weighted by atomic mass is 32.2. The number of carbonyl (C=O) groups is 1. The summed E-state index contributed by atoms with van der Waals surface area (Å²) in [4.78, 5) is 11.2. The van der Waals surface area contributed by atoms with E-state index in [0.717, 1.165) is 15.6 Å². The molecule has 0 bridgehead atoms. The number of amides is 1. The molecule has 2 rings (SSSR count). The minimum Gasteiger partial charge on any atom is -0.506 e. The lowest BCUT2D eigenvalue weighted by atomic mass is 10.2. The summed E-state index contributed by atoms with van der Waals surface area (Å²) in [5, 5.41) is 10.5. The zero-order valence-electron chi connectivity index (χ0n) is 11.2. The first-order valence-electron chi connectivity index (χ1n) is 6.06. The molecule has 1 amide bonds. The number of carbonyl (C=O) groups excluding carboxylic acids is 1. The quantitative estimate of drug-likeness (QED) is 0.872. The second-order valence-electron chi connectivity index (χ2n) is 4.72. The van der Waals surface area contributed by atoms with Gasteiger partial charge in [-0.05, 0) is 22.9 Å². The van der Waals surface area contributed by atoms with Gasteiger partial charge in [0, 0.05) is 5.75 Å². The van der Waals surface area contributed by atoms with Gasteiger partial charge in [-0.2, -0.15) is 20.2 Å². The van der Waals surface area contributed by atoms with Gasteiger partial charge < -0.3 is 5.11 Å². The second kappa shape index (κ2) is 5.53. The van der Waals surface area contributed by atoms with E-state index >= 15 is 0 Å². The van der Waals surface area contributed by atoms with Gasteiger partial charge in [-0.3, -0.25) is 4.79 Å². The number of thioether (sulfide) groups is 1. The molecule has 1 aromatic carbocycles. The van der Waals surface area contributed by atoms with E-state index in [4.69, 9.17) is 0 Å². The molecule has 1 aliphatic heterocycles. The number of anilines is 1. The maximum absolute atomic E-state index is 11.7. The molecule has 2 N–H and O–H groups in total. The second-order valence-corrected chi connectivity index (χ2v) is 7.88. The molecule has 0 atom stereocenters. The highest BCUT2D eigenvalue weighted by Crippen LogP contribution is 2.32. The van der Waals surface area contributed by atoms with Crippen molar-refractivity contribution in [1.29, 1.82) is 0 Å². The van der Waals surface area contributed by atoms with Crippen molar-refractivity contribution in [3.63, 3.8) is 0 Å². The molecule has 1 aliphatic rings. The number of aromatic hydroxyl groups is 1. The largest absolute Gasteiger partial charge is 0.506 e. The molecule has 0 radical (unpaired) electrons. The summed E-state index contributed by atoms with van der Waals surface area (Å²) in [6.07, 6.45) is 0. The molecule has 110 valence electrons. The van der Waals surface area contributed by atoms with E-state index < -0.39 is 16.1 Å². The summed E-state index contributed by atoms with van der Waals surface area (Å²) in [7, 11) is -3.88. The molecular formula is C12H16N2O4S2. The standard InChI is InChI=1S/C12H16N2O4S2/c1-8(2)19-7-9-3-4-10(11(15)5-9)14-6-12(16)13-20(14,17)18/h3-5,8,15H,6-7H2,1-2H3,(H,13,16). The summed E-state index contributed by atoms with van der Waals surface area (Å²) in [6.45, 7) is 3.84. The van der Waals surface area contributed by atoms with Crippen LogP contribution < -0.4 is 9.03 Å². The molecular weight excluding hydrogens is 300 g/mol. The highest BCUT2D eigenvalue weighted by Gasteiger charge is 2.35. The summed E-state index contributed by atoms with van der Waals surface area (Å²) in [5.74, 6) is -0.0223. The molecule has 6 nitrogen and oxygen atoms in total. The number of nitrogens with one attached hydrogen (secondary N) is 1. The van der Waals surface area contributed by atoms with Gasteiger partial charge in [0.15, 0.2) is 0 Å². The Kier molecular flexibility index (Phi) is 4.14. The SMILES string of the molecule is CC(C)SCc1ccc(N2CC(=O)NS2(=O)=O)c(O)c1. The van der Waals surface area contributed by atoms with Gasteiger partial charge in [0.2, 0.25) is 0 Å². The fourth-order valence-corrected chi connectivity index (χ4v) is 3.66. The minimum absolute atomic E-state index is 0.113. The Labute approximate surface area is 122 Å². The third-order valence-corrected chi connectivity index (χ3v) is 5.27. The van der Waals surface area contributed by atoms with Crippen LogP contribution in [0.3, 0.4) is 0 Å². The number of benzene rings is 1. The molecule has 1 saturated heterocycles. The normalized spacial score (nSPS) is 17.6. The van der Waals surface area contributed by atoms with Crippen LogP contribution in [0.15, 0.2) is 18.2 Å². The van der Waals surface area contributed by atoms with E-state index in [1.54, 1.807) is 17.8 Å². The zero-order valence-corrected chi connectivity index (χ0v) is 12.8. The molecule has 1 aromatic rings. The average molecular weight is 316 g/mol. The van der Waals surface area contributed by atoms with E-state index in [1.807, 2.05) is 4.72 Å². The van der Waals surface area contributed by atoms with E-state index in [9.17, 15) is 18.3 Å². The molecule has 1 fully saturated rings. The Hall–Kier alpha value is -1.41. The highest BCUT2D eigenvalue weighted by molar-refractivity contribution is 7.99. The van der Waals surface area contributed by atoms with E-state index in [-0.39, 0.29) is 18.0 Å². The molecule has 0 aromatic heterocycles. The van der Waals surface area contributed by atoms with Crippen LogP contribution in [0.5, 0.6) is 5.75 Å². The fraction of sp³-hybridized carbons (Fsp3) is 0.417. The van der Waals surface area contributed by atoms with Crippen molar-refractivity contribution in [2.45, 2.75) is 24.9 Å². The first kappa shape index (κ1) is 15.0. The Morgan fingerprint density at radius 3 is 2.65 bits per heavy atom. The average Bonchev–Trinajstić information content (AvgIpc) is 2.60. The van der Waals surface area contributed by atoms with Crippen LogP contribution >= 0.6 is 11.8 Å². The third kappa shape index (κ3) is 3.18. The lowest BCUT2D eigenvalue weighted by Gasteiger charge is -2.16. The van der Waals surface area contributed by atoms with Gasteiger partial charge in [0.25, 0.3) is 5.91 Å². The number of hydrogen-bond donors (Lipinski definition) is 2. The van der Waals surface area contributed by atoms with Gasteiger partial charge >= 0.3 is 10.2 Å². The summed E-state index contributed by atoms with van der Waals surface area (Å²) in [5.41, 5.74) is 1.02. The van der Waals surface area contributed by atoms with Crippen molar-refractivity contribution >= 4 is 33.6 Å². The molecule has 1 heterocycles. The maximum Gasteiger partial charge on any atom is 0.326 e. The number of phenolic OH excluding ortho intramolecular Hbond substituents is 1. The smallest absolute Gasteiger partial charge is 0.326 e. The Bertz CT molecular complexity index is 628. The van der Waals surface area contributed by atoms with E-state index in [0.29, 0.717) is 5.25 Å². The van der Waals surface area contributed by atoms with Crippen molar-refractivity contribution < 1.29 is 18.3 Å². The molecule has 0 spiro atoms. The van der Waals surface area contributed by atoms with Crippen molar-refractivity contribution in [2.24, 2.45) is 0 Å². The van der Waals surface area contributed by atoms with Crippen LogP contribution in [0.4, 0.5) is 5.69 Å². The van der Waals surface area contributed by atoms with Crippen LogP contribution in [0.25, 0.3) is 0 Å². The molecule has 20 heavy (non-hydrogen) atoms. The van der Waals surface area contributed by atoms with Crippen LogP contribution in [0.2, 0.25) is 0 Å². The summed E-state index contributed by atoms with van der Waals surface area (Å²) in [6, 6.07) is 4.80. The zero-order chi connectivity index (χ0) is 14.9. The lowest BCUT2D eigenvalue weighted by molar-refractivity contribution is -0.117. The fourth-order valence-electron chi connectivity index (χ4n) is 1.79. The first-order chi connectivity index (χ1) is 9.29. The predicted octanol–water partition coefficient (Wildman–Crippen LogP) is 1.21. The Morgan fingerprint density at radius 1 is 1.45 bits per heavy atom. The van der Waals surface area contributed by atoms with Crippen molar-refractivity contribution in [3.05, 3.63) is 23.8 Å². The first-order valence-corrected chi connectivity index (χ1v) is 8.55. The molecule has 0 saturated carbocycles. The number of nitrogens with zero attached hydrogens (tertiary/aromatic N) is 1. The van der Waals surface area contributed by atoms with Crippen LogP contribution in [-0.4, -0.2) is 31.2 Å². The molecule has 0 aliphatic carbocycles. The van der Waals surface area contributed by atoms with E-state index in [2.05, 4.69) is 13.8 Å². The number of hydrogen-bond acceptors (Lipinski definition) is 5. The summed E-state index contributed by atoms with van der Waals surface area (Å²) < 4.78 is 26.1. The number of rotatable bonds is 4. The molecule has 0 unspecified atom stereocenters. The van der Waals surface area contributed by atoms with Gasteiger partial charge in [-0.25, -0.2) is 9.03 Å².